The largest absolute Gasteiger partial charge is 0.393 e. The Hall–Kier alpha value is -3.07. The highest BCUT2D eigenvalue weighted by Gasteiger charge is 2.61. The Kier molecular flexibility index (Phi) is 9.52. The number of carbonyl (C=O) groups excluding carboxylic acids is 3. The second-order valence-electron chi connectivity index (χ2n) is 16.6. The monoisotopic (exact) mass is 669 g/mol. The molecule has 10 atom stereocenters. The molecule has 0 radical (unpaired) electrons. The number of ketones is 1. The summed E-state index contributed by atoms with van der Waals surface area (Å²) >= 11 is 0. The number of hydrogen-bond donors (Lipinski definition) is 3. The highest BCUT2D eigenvalue weighted by atomic mass is 16.3. The third-order valence-electron chi connectivity index (χ3n) is 14.1. The molecule has 264 valence electrons. The highest BCUT2D eigenvalue weighted by molar-refractivity contribution is 6.01. The molecule has 1 aliphatic heterocycles. The normalized spacial score (nSPS) is 36.6. The van der Waals surface area contributed by atoms with Crippen LogP contribution in [0.3, 0.4) is 0 Å². The first-order chi connectivity index (χ1) is 23.5. The Morgan fingerprint density at radius 1 is 0.857 bits per heavy atom. The first-order valence-electron chi connectivity index (χ1n) is 18.8. The van der Waals surface area contributed by atoms with Crippen molar-refractivity contribution in [1.82, 2.24) is 15.1 Å². The zero-order valence-electron chi connectivity index (χ0n) is 29.5. The minimum atomic E-state index is -0.743. The lowest BCUT2D eigenvalue weighted by Crippen LogP contribution is -2.63. The van der Waals surface area contributed by atoms with Gasteiger partial charge >= 0.3 is 0 Å². The minimum absolute atomic E-state index is 0.0667. The van der Waals surface area contributed by atoms with Crippen LogP contribution in [0.4, 0.5) is 0 Å². The number of hydrogen-bond acceptors (Lipinski definition) is 6. The van der Waals surface area contributed by atoms with Crippen LogP contribution in [0.5, 0.6) is 0 Å². The Morgan fingerprint density at radius 2 is 1.57 bits per heavy atom. The molecule has 0 aromatic heterocycles. The number of benzene rings is 2. The molecule has 7 rings (SSSR count). The topological polar surface area (TPSA) is 110 Å². The van der Waals surface area contributed by atoms with Crippen molar-refractivity contribution in [2.75, 3.05) is 26.2 Å². The minimum Gasteiger partial charge on any atom is -0.393 e. The highest BCUT2D eigenvalue weighted by Crippen LogP contribution is 2.66. The first-order valence-corrected chi connectivity index (χ1v) is 18.8. The van der Waals surface area contributed by atoms with E-state index in [1.807, 2.05) is 35.2 Å². The molecule has 8 heteroatoms. The second-order valence-corrected chi connectivity index (χ2v) is 16.6. The standard InChI is InChI=1S/C41H55N3O5/c1-26(45)28-10-7-11-29(23-28)38(48)42-34(22-27-8-5-4-6-9-27)39(49)44-20-18-43(19-21-44)35-25-41(3)30(24-36(35)46)12-13-31-32-14-15-37(47)40(32,2)17-16-33(31)41/h4-11,23,30-37,46-47H,12-22,24-25H2,1-3H3,(H,42,48)/t30-,31?,32?,33?,34-,35-,36-,37-,40-,41-/m0/s1. The molecule has 0 bridgehead atoms. The predicted octanol–water partition coefficient (Wildman–Crippen LogP) is 5.12. The molecule has 8 nitrogen and oxygen atoms in total. The van der Waals surface area contributed by atoms with Gasteiger partial charge in [-0.1, -0.05) is 56.3 Å². The second kappa shape index (κ2) is 13.6. The van der Waals surface area contributed by atoms with Gasteiger partial charge in [-0.25, -0.2) is 0 Å². The maximum absolute atomic E-state index is 14.1. The SMILES string of the molecule is CC(=O)c1cccc(C(=O)N[C@@H](Cc2ccccc2)C(=O)N2CCN([C@H]3C[C@]4(C)C5CC[C@@]6(C)C(CC[C@@H]6O)C5CC[C@H]4C[C@@H]3O)CC2)c1. The molecule has 2 aromatic carbocycles. The van der Waals surface area contributed by atoms with Gasteiger partial charge in [0, 0.05) is 49.8 Å². The van der Waals surface area contributed by atoms with Gasteiger partial charge in [0.25, 0.3) is 5.91 Å². The molecule has 4 saturated carbocycles. The lowest BCUT2D eigenvalue weighted by atomic mass is 9.44. The average Bonchev–Trinajstić information content (AvgIpc) is 3.42. The van der Waals surface area contributed by atoms with Crippen molar-refractivity contribution in [2.24, 2.45) is 34.5 Å². The molecular formula is C41H55N3O5. The van der Waals surface area contributed by atoms with Gasteiger partial charge in [-0.2, -0.15) is 0 Å². The van der Waals surface area contributed by atoms with Crippen LogP contribution in [0.15, 0.2) is 54.6 Å². The lowest BCUT2D eigenvalue weighted by molar-refractivity contribution is -0.157. The summed E-state index contributed by atoms with van der Waals surface area (Å²) in [4.78, 5) is 43.8. The summed E-state index contributed by atoms with van der Waals surface area (Å²) in [5.74, 6) is 1.88. The van der Waals surface area contributed by atoms with E-state index >= 15 is 0 Å². The quantitative estimate of drug-likeness (QED) is 0.354. The Balaban J connectivity index is 1.03. The number of piperazine rings is 1. The fraction of sp³-hybridized carbons (Fsp3) is 0.634. The molecule has 5 aliphatic rings. The summed E-state index contributed by atoms with van der Waals surface area (Å²) in [7, 11) is 0. The van der Waals surface area contributed by atoms with Crippen LogP contribution in [0.25, 0.3) is 0 Å². The number of nitrogens with zero attached hydrogens (tertiary/aromatic N) is 2. The van der Waals surface area contributed by atoms with E-state index < -0.39 is 6.04 Å². The fourth-order valence-corrected chi connectivity index (χ4v) is 11.3. The van der Waals surface area contributed by atoms with Gasteiger partial charge in [-0.05, 0) is 110 Å². The maximum atomic E-state index is 14.1. The number of aliphatic hydroxyl groups is 2. The number of nitrogens with one attached hydrogen (secondary N) is 1. The van der Waals surface area contributed by atoms with Crippen molar-refractivity contribution in [3.63, 3.8) is 0 Å². The fourth-order valence-electron chi connectivity index (χ4n) is 11.3. The summed E-state index contributed by atoms with van der Waals surface area (Å²) in [6, 6.07) is 15.7. The number of rotatable bonds is 7. The van der Waals surface area contributed by atoms with Gasteiger partial charge in [-0.3, -0.25) is 19.3 Å². The van der Waals surface area contributed by atoms with Crippen LogP contribution < -0.4 is 5.32 Å². The van der Waals surface area contributed by atoms with E-state index in [1.165, 1.54) is 26.2 Å². The molecule has 4 aliphatic carbocycles. The van der Waals surface area contributed by atoms with Gasteiger partial charge in [0.15, 0.2) is 5.78 Å². The molecule has 0 spiro atoms. The van der Waals surface area contributed by atoms with E-state index in [9.17, 15) is 24.6 Å². The predicted molar refractivity (Wildman–Crippen MR) is 189 cm³/mol. The zero-order chi connectivity index (χ0) is 34.5. The zero-order valence-corrected chi connectivity index (χ0v) is 29.5. The Morgan fingerprint density at radius 3 is 2.31 bits per heavy atom. The molecule has 1 heterocycles. The average molecular weight is 670 g/mol. The summed E-state index contributed by atoms with van der Waals surface area (Å²) < 4.78 is 0. The maximum Gasteiger partial charge on any atom is 0.251 e. The van der Waals surface area contributed by atoms with Crippen molar-refractivity contribution in [2.45, 2.75) is 103 Å². The van der Waals surface area contributed by atoms with Crippen LogP contribution in [0.2, 0.25) is 0 Å². The van der Waals surface area contributed by atoms with Gasteiger partial charge < -0.3 is 20.4 Å². The van der Waals surface area contributed by atoms with Crippen molar-refractivity contribution in [1.29, 1.82) is 0 Å². The van der Waals surface area contributed by atoms with Gasteiger partial charge in [-0.15, -0.1) is 0 Å². The van der Waals surface area contributed by atoms with E-state index in [-0.39, 0.29) is 46.7 Å². The van der Waals surface area contributed by atoms with E-state index in [2.05, 4.69) is 24.1 Å². The van der Waals surface area contributed by atoms with E-state index in [0.29, 0.717) is 67.4 Å². The molecule has 3 unspecified atom stereocenters. The van der Waals surface area contributed by atoms with Crippen LogP contribution in [0, 0.1) is 34.5 Å². The van der Waals surface area contributed by atoms with E-state index in [1.54, 1.807) is 24.3 Å². The van der Waals surface area contributed by atoms with Crippen LogP contribution in [0.1, 0.15) is 98.4 Å². The van der Waals surface area contributed by atoms with Crippen molar-refractivity contribution in [3.05, 3.63) is 71.3 Å². The molecular weight excluding hydrogens is 614 g/mol. The summed E-state index contributed by atoms with van der Waals surface area (Å²) in [6.45, 7) is 8.83. The van der Waals surface area contributed by atoms with E-state index in [0.717, 1.165) is 37.7 Å². The summed E-state index contributed by atoms with van der Waals surface area (Å²) in [5, 5.41) is 25.5. The smallest absolute Gasteiger partial charge is 0.251 e. The molecule has 1 saturated heterocycles. The number of carbonyl (C=O) groups is 3. The van der Waals surface area contributed by atoms with Crippen molar-refractivity contribution in [3.8, 4) is 0 Å². The van der Waals surface area contributed by atoms with Crippen LogP contribution in [-0.2, 0) is 11.2 Å². The number of fused-ring (bicyclic) bond motifs is 5. The first kappa shape index (κ1) is 34.4. The lowest BCUT2D eigenvalue weighted by Gasteiger charge is -2.62. The third kappa shape index (κ3) is 6.38. The summed E-state index contributed by atoms with van der Waals surface area (Å²) in [5.41, 5.74) is 2.03. The van der Waals surface area contributed by atoms with Gasteiger partial charge in [0.05, 0.1) is 12.2 Å². The molecule has 49 heavy (non-hydrogen) atoms. The van der Waals surface area contributed by atoms with E-state index in [4.69, 9.17) is 0 Å². The number of Topliss-reactive ketones (excluding diaryl/α,β-unsaturated/α-hetero) is 1. The molecule has 5 fully saturated rings. The van der Waals surface area contributed by atoms with Crippen molar-refractivity contribution >= 4 is 17.6 Å². The summed E-state index contributed by atoms with van der Waals surface area (Å²) in [6.07, 6.45) is 8.49. The Labute approximate surface area is 291 Å². The molecule has 3 N–H and O–H groups in total. The molecule has 2 aromatic rings. The molecule has 2 amide bonds. The number of aliphatic hydroxyl groups excluding tert-OH is 2. The Bertz CT molecular complexity index is 1540. The van der Waals surface area contributed by atoms with Crippen LogP contribution >= 0.6 is 0 Å². The third-order valence-corrected chi connectivity index (χ3v) is 14.1. The van der Waals surface area contributed by atoms with Gasteiger partial charge in [0.1, 0.15) is 6.04 Å². The number of amides is 2. The van der Waals surface area contributed by atoms with Crippen LogP contribution in [-0.4, -0.2) is 88.1 Å². The van der Waals surface area contributed by atoms with Gasteiger partial charge in [0.2, 0.25) is 5.91 Å². The van der Waals surface area contributed by atoms with Crippen molar-refractivity contribution < 1.29 is 24.6 Å².